The van der Waals surface area contributed by atoms with E-state index in [1.54, 1.807) is 20.8 Å². The van der Waals surface area contributed by atoms with Crippen molar-refractivity contribution in [2.24, 2.45) is 17.3 Å². The van der Waals surface area contributed by atoms with Gasteiger partial charge in [0.2, 0.25) is 5.91 Å². The lowest BCUT2D eigenvalue weighted by atomic mass is 9.73. The van der Waals surface area contributed by atoms with Gasteiger partial charge in [0.05, 0.1) is 24.0 Å². The van der Waals surface area contributed by atoms with E-state index in [1.165, 1.54) is 0 Å². The summed E-state index contributed by atoms with van der Waals surface area (Å²) in [5, 5.41) is 23.7. The minimum atomic E-state index is -1.10. The molecule has 0 aromatic carbocycles. The van der Waals surface area contributed by atoms with Crippen molar-refractivity contribution in [2.75, 3.05) is 6.54 Å². The molecule has 0 aromatic heterocycles. The summed E-state index contributed by atoms with van der Waals surface area (Å²) in [7, 11) is 0. The Bertz CT molecular complexity index is 536. The Kier molecular flexibility index (Phi) is 8.03. The van der Waals surface area contributed by atoms with Gasteiger partial charge < -0.3 is 15.5 Å². The second kappa shape index (κ2) is 9.30. The first-order valence-corrected chi connectivity index (χ1v) is 9.07. The third-order valence-electron chi connectivity index (χ3n) is 5.18. The molecule has 1 aliphatic heterocycles. The molecule has 0 saturated carbocycles. The lowest BCUT2D eigenvalue weighted by molar-refractivity contribution is -0.143. The van der Waals surface area contributed by atoms with Crippen LogP contribution in [0, 0.1) is 17.3 Å². The van der Waals surface area contributed by atoms with Crippen molar-refractivity contribution in [3.05, 3.63) is 23.8 Å². The molecule has 5 nitrogen and oxygen atoms in total. The van der Waals surface area contributed by atoms with Crippen LogP contribution in [0.3, 0.4) is 0 Å². The van der Waals surface area contributed by atoms with E-state index >= 15 is 0 Å². The summed E-state index contributed by atoms with van der Waals surface area (Å²) in [4.78, 5) is 24.8. The Morgan fingerprint density at radius 1 is 1.20 bits per heavy atom. The molecular weight excluding hydrogens is 318 g/mol. The van der Waals surface area contributed by atoms with Gasteiger partial charge in [-0.3, -0.25) is 9.59 Å². The third kappa shape index (κ3) is 6.08. The molecule has 0 spiro atoms. The first-order chi connectivity index (χ1) is 11.6. The Morgan fingerprint density at radius 3 is 2.48 bits per heavy atom. The summed E-state index contributed by atoms with van der Waals surface area (Å²) >= 11 is 0. The van der Waals surface area contributed by atoms with Gasteiger partial charge in [0.1, 0.15) is 5.78 Å². The molecule has 0 saturated heterocycles. The van der Waals surface area contributed by atoms with Crippen LogP contribution in [0.15, 0.2) is 23.8 Å². The molecule has 0 bridgehead atoms. The van der Waals surface area contributed by atoms with Crippen molar-refractivity contribution < 1.29 is 19.8 Å². The van der Waals surface area contributed by atoms with Crippen LogP contribution in [0.25, 0.3) is 0 Å². The highest BCUT2D eigenvalue weighted by molar-refractivity contribution is 5.88. The molecular formula is C20H33NO4. The van der Waals surface area contributed by atoms with E-state index in [9.17, 15) is 19.8 Å². The smallest absolute Gasteiger partial charge is 0.222 e. The fraction of sp³-hybridized carbons (Fsp3) is 0.700. The molecule has 0 radical (unpaired) electrons. The van der Waals surface area contributed by atoms with Gasteiger partial charge in [0.25, 0.3) is 0 Å². The highest BCUT2D eigenvalue weighted by atomic mass is 16.3. The van der Waals surface area contributed by atoms with Gasteiger partial charge in [-0.05, 0) is 25.7 Å². The number of ketones is 1. The van der Waals surface area contributed by atoms with E-state index in [2.05, 4.69) is 5.32 Å². The number of nitrogens with one attached hydrogen (secondary N) is 1. The zero-order valence-electron chi connectivity index (χ0n) is 16.1. The van der Waals surface area contributed by atoms with E-state index in [0.717, 1.165) is 5.57 Å². The van der Waals surface area contributed by atoms with Crippen LogP contribution in [0.4, 0.5) is 0 Å². The number of amides is 1. The molecule has 0 unspecified atom stereocenters. The highest BCUT2D eigenvalue weighted by Crippen LogP contribution is 2.31. The van der Waals surface area contributed by atoms with Crippen LogP contribution >= 0.6 is 0 Å². The number of carbonyl (C=O) groups excluding carboxylic acids is 2. The normalized spacial score (nSPS) is 36.2. The molecule has 142 valence electrons. The van der Waals surface area contributed by atoms with Crippen LogP contribution in [0.1, 0.15) is 53.9 Å². The molecule has 1 rings (SSSR count). The van der Waals surface area contributed by atoms with Crippen molar-refractivity contribution >= 4 is 11.7 Å². The second-order valence-electron chi connectivity index (χ2n) is 7.79. The van der Waals surface area contributed by atoms with Gasteiger partial charge in [-0.25, -0.2) is 0 Å². The van der Waals surface area contributed by atoms with Gasteiger partial charge in [-0.15, -0.1) is 0 Å². The van der Waals surface area contributed by atoms with Gasteiger partial charge in [-0.2, -0.15) is 0 Å². The fourth-order valence-corrected chi connectivity index (χ4v) is 3.09. The third-order valence-corrected chi connectivity index (χ3v) is 5.18. The van der Waals surface area contributed by atoms with E-state index in [-0.39, 0.29) is 24.0 Å². The Hall–Kier alpha value is -1.46. The van der Waals surface area contributed by atoms with Crippen molar-refractivity contribution in [3.63, 3.8) is 0 Å². The number of carbonyl (C=O) groups is 2. The maximum absolute atomic E-state index is 12.8. The Balaban J connectivity index is 3.04. The molecule has 5 heteroatoms. The number of rotatable bonds is 0. The average Bonchev–Trinajstić information content (AvgIpc) is 2.55. The molecule has 3 N–H and O–H groups in total. The number of aliphatic hydroxyl groups excluding tert-OH is 2. The topological polar surface area (TPSA) is 86.6 Å². The molecule has 0 fully saturated rings. The SMILES string of the molecule is CC1=C/CCNC(=O)C[C@H](O)C(C)(C)C(=O)[C@H](C)[C@@H](O)[C@@H](C)C\C=C\1. The summed E-state index contributed by atoms with van der Waals surface area (Å²) in [5.74, 6) is -1.18. The van der Waals surface area contributed by atoms with Crippen LogP contribution in [-0.2, 0) is 9.59 Å². The molecule has 25 heavy (non-hydrogen) atoms. The minimum Gasteiger partial charge on any atom is -0.392 e. The van der Waals surface area contributed by atoms with E-state index < -0.39 is 23.5 Å². The molecule has 1 aliphatic rings. The quantitative estimate of drug-likeness (QED) is 0.625. The van der Waals surface area contributed by atoms with Gasteiger partial charge in [-0.1, -0.05) is 51.5 Å². The van der Waals surface area contributed by atoms with Crippen molar-refractivity contribution in [1.82, 2.24) is 5.32 Å². The van der Waals surface area contributed by atoms with E-state index in [1.807, 2.05) is 32.1 Å². The van der Waals surface area contributed by atoms with E-state index in [0.29, 0.717) is 19.4 Å². The van der Waals surface area contributed by atoms with Crippen LogP contribution in [0.5, 0.6) is 0 Å². The predicted molar refractivity (Wildman–Crippen MR) is 98.9 cm³/mol. The number of aliphatic hydroxyl groups is 2. The Morgan fingerprint density at radius 2 is 1.84 bits per heavy atom. The first kappa shape index (κ1) is 21.6. The molecule has 0 aromatic rings. The average molecular weight is 351 g/mol. The zero-order valence-corrected chi connectivity index (χ0v) is 16.1. The van der Waals surface area contributed by atoms with Crippen molar-refractivity contribution in [1.29, 1.82) is 0 Å². The van der Waals surface area contributed by atoms with Gasteiger partial charge in [0, 0.05) is 12.5 Å². The molecule has 1 amide bonds. The lowest BCUT2D eigenvalue weighted by Crippen LogP contribution is -2.46. The van der Waals surface area contributed by atoms with Gasteiger partial charge >= 0.3 is 0 Å². The van der Waals surface area contributed by atoms with Crippen LogP contribution in [-0.4, -0.2) is 40.7 Å². The zero-order chi connectivity index (χ0) is 19.2. The van der Waals surface area contributed by atoms with Crippen molar-refractivity contribution in [2.45, 2.75) is 66.1 Å². The summed E-state index contributed by atoms with van der Waals surface area (Å²) in [5.41, 5.74) is -0.00533. The van der Waals surface area contributed by atoms with Crippen LogP contribution in [0.2, 0.25) is 0 Å². The van der Waals surface area contributed by atoms with Gasteiger partial charge in [0.15, 0.2) is 0 Å². The monoisotopic (exact) mass is 351 g/mol. The standard InChI is InChI=1S/C20H33NO4/c1-13-8-6-10-14(2)18(24)15(3)19(25)20(4,5)16(22)12-17(23)21-11-7-9-13/h6,8-9,14-16,18,22,24H,7,10-12H2,1-5H3,(H,21,23)/b8-6+,13-9-/t14-,15+,16-,18-/m0/s1. The maximum Gasteiger partial charge on any atom is 0.222 e. The lowest BCUT2D eigenvalue weighted by Gasteiger charge is -2.34. The maximum atomic E-state index is 12.8. The number of allylic oxidation sites excluding steroid dienone is 3. The molecule has 4 atom stereocenters. The minimum absolute atomic E-state index is 0.0767. The van der Waals surface area contributed by atoms with E-state index in [4.69, 9.17) is 0 Å². The molecule has 0 aliphatic carbocycles. The van der Waals surface area contributed by atoms with Crippen molar-refractivity contribution in [3.8, 4) is 0 Å². The number of hydrogen-bond donors (Lipinski definition) is 3. The summed E-state index contributed by atoms with van der Waals surface area (Å²) in [6.07, 6.45) is 5.40. The summed E-state index contributed by atoms with van der Waals surface area (Å²) < 4.78 is 0. The largest absolute Gasteiger partial charge is 0.392 e. The fourth-order valence-electron chi connectivity index (χ4n) is 3.09. The summed E-state index contributed by atoms with van der Waals surface area (Å²) in [6, 6.07) is 0. The first-order valence-electron chi connectivity index (χ1n) is 9.07. The summed E-state index contributed by atoms with van der Waals surface area (Å²) in [6.45, 7) is 9.36. The highest BCUT2D eigenvalue weighted by Gasteiger charge is 2.41. The predicted octanol–water partition coefficient (Wildman–Crippen LogP) is 2.38. The second-order valence-corrected chi connectivity index (χ2v) is 7.79. The number of hydrogen-bond acceptors (Lipinski definition) is 4. The van der Waals surface area contributed by atoms with Crippen LogP contribution < -0.4 is 5.32 Å². The number of Topliss-reactive ketones (excluding diaryl/α,β-unsaturated/α-hetero) is 1. The Labute approximate surface area is 151 Å². The molecule has 1 heterocycles.